The van der Waals surface area contributed by atoms with Crippen molar-refractivity contribution in [1.82, 2.24) is 0 Å². The second-order valence-corrected chi connectivity index (χ2v) is 4.15. The maximum atomic E-state index is 11.4. The normalized spacial score (nSPS) is 11.7. The average molecular weight is 266 g/mol. The molecule has 0 heterocycles. The van der Waals surface area contributed by atoms with Crippen molar-refractivity contribution in [2.75, 3.05) is 13.2 Å². The predicted octanol–water partition coefficient (Wildman–Crippen LogP) is 2.35. The van der Waals surface area contributed by atoms with Gasteiger partial charge in [0.05, 0.1) is 11.5 Å². The largest absolute Gasteiger partial charge is 0.490 e. The molecule has 1 atom stereocenters. The smallest absolute Gasteiger partial charge is 0.335 e. The van der Waals surface area contributed by atoms with Gasteiger partial charge in [-0.05, 0) is 30.7 Å². The highest BCUT2D eigenvalue weighted by molar-refractivity contribution is 5.87. The Morgan fingerprint density at radius 1 is 1.21 bits per heavy atom. The standard InChI is InChI=1S/C14H18O5/c1-3-10(2)14(17)19-9-8-18-12-6-4-11(5-7-12)13(15)16/h4-7,10H,3,8-9H2,1-2H3,(H,15,16). The number of hydrogen-bond acceptors (Lipinski definition) is 4. The summed E-state index contributed by atoms with van der Waals surface area (Å²) in [6.45, 7) is 4.17. The lowest BCUT2D eigenvalue weighted by atomic mass is 10.1. The van der Waals surface area contributed by atoms with E-state index in [-0.39, 0.29) is 30.7 Å². The van der Waals surface area contributed by atoms with Crippen LogP contribution in [0, 0.1) is 5.92 Å². The molecule has 0 aliphatic carbocycles. The van der Waals surface area contributed by atoms with Crippen LogP contribution in [0.5, 0.6) is 5.75 Å². The third-order valence-corrected chi connectivity index (χ3v) is 2.71. The van der Waals surface area contributed by atoms with Crippen molar-refractivity contribution in [3.8, 4) is 5.75 Å². The van der Waals surface area contributed by atoms with Gasteiger partial charge in [-0.15, -0.1) is 0 Å². The quantitative estimate of drug-likeness (QED) is 0.605. The zero-order chi connectivity index (χ0) is 14.3. The van der Waals surface area contributed by atoms with Gasteiger partial charge in [0.25, 0.3) is 0 Å². The van der Waals surface area contributed by atoms with E-state index >= 15 is 0 Å². The minimum absolute atomic E-state index is 0.102. The van der Waals surface area contributed by atoms with E-state index in [1.807, 2.05) is 13.8 Å². The molecule has 1 unspecified atom stereocenters. The summed E-state index contributed by atoms with van der Waals surface area (Å²) in [6.07, 6.45) is 0.746. The zero-order valence-electron chi connectivity index (χ0n) is 11.1. The molecule has 1 N–H and O–H groups in total. The fourth-order valence-corrected chi connectivity index (χ4v) is 1.30. The Bertz CT molecular complexity index is 424. The Balaban J connectivity index is 2.30. The Morgan fingerprint density at radius 3 is 2.37 bits per heavy atom. The zero-order valence-corrected chi connectivity index (χ0v) is 11.1. The van der Waals surface area contributed by atoms with Crippen LogP contribution in [0.2, 0.25) is 0 Å². The third kappa shape index (κ3) is 4.99. The molecule has 0 bridgehead atoms. The lowest BCUT2D eigenvalue weighted by Crippen LogP contribution is -2.17. The topological polar surface area (TPSA) is 72.8 Å². The maximum Gasteiger partial charge on any atom is 0.335 e. The number of esters is 1. The summed E-state index contributed by atoms with van der Waals surface area (Å²) in [5.74, 6) is -0.763. The van der Waals surface area contributed by atoms with E-state index in [4.69, 9.17) is 14.6 Å². The van der Waals surface area contributed by atoms with Crippen molar-refractivity contribution in [1.29, 1.82) is 0 Å². The van der Waals surface area contributed by atoms with Crippen LogP contribution < -0.4 is 4.74 Å². The fraction of sp³-hybridized carbons (Fsp3) is 0.429. The predicted molar refractivity (Wildman–Crippen MR) is 69.3 cm³/mol. The summed E-state index contributed by atoms with van der Waals surface area (Å²) < 4.78 is 10.4. The van der Waals surface area contributed by atoms with E-state index in [2.05, 4.69) is 0 Å². The van der Waals surface area contributed by atoms with Crippen LogP contribution in [0.25, 0.3) is 0 Å². The Morgan fingerprint density at radius 2 is 1.84 bits per heavy atom. The van der Waals surface area contributed by atoms with E-state index < -0.39 is 5.97 Å². The minimum Gasteiger partial charge on any atom is -0.490 e. The molecule has 0 aromatic heterocycles. The molecular formula is C14H18O5. The molecule has 1 aromatic rings. The summed E-state index contributed by atoms with van der Waals surface area (Å²) in [6, 6.07) is 6.06. The molecule has 0 radical (unpaired) electrons. The number of rotatable bonds is 7. The molecule has 0 amide bonds. The van der Waals surface area contributed by atoms with Gasteiger partial charge in [0, 0.05) is 0 Å². The van der Waals surface area contributed by atoms with E-state index in [0.717, 1.165) is 6.42 Å². The van der Waals surface area contributed by atoms with Crippen LogP contribution in [0.1, 0.15) is 30.6 Å². The van der Waals surface area contributed by atoms with Crippen LogP contribution in [0.3, 0.4) is 0 Å². The summed E-state index contributed by atoms with van der Waals surface area (Å²) in [4.78, 5) is 22.0. The maximum absolute atomic E-state index is 11.4. The highest BCUT2D eigenvalue weighted by Crippen LogP contribution is 2.12. The second kappa shape index (κ2) is 7.41. The Hall–Kier alpha value is -2.04. The number of carbonyl (C=O) groups excluding carboxylic acids is 1. The van der Waals surface area contributed by atoms with Crippen molar-refractivity contribution in [3.63, 3.8) is 0 Å². The molecule has 0 spiro atoms. The average Bonchev–Trinajstić information content (AvgIpc) is 2.42. The molecule has 5 heteroatoms. The van der Waals surface area contributed by atoms with E-state index in [9.17, 15) is 9.59 Å². The molecule has 104 valence electrons. The van der Waals surface area contributed by atoms with Gasteiger partial charge >= 0.3 is 11.9 Å². The van der Waals surface area contributed by atoms with E-state index in [0.29, 0.717) is 5.75 Å². The molecule has 0 aliphatic heterocycles. The molecule has 0 saturated carbocycles. The van der Waals surface area contributed by atoms with Crippen LogP contribution >= 0.6 is 0 Å². The van der Waals surface area contributed by atoms with E-state index in [1.54, 1.807) is 12.1 Å². The van der Waals surface area contributed by atoms with E-state index in [1.165, 1.54) is 12.1 Å². The Kier molecular flexibility index (Phi) is 5.85. The van der Waals surface area contributed by atoms with Gasteiger partial charge in [-0.3, -0.25) is 4.79 Å². The van der Waals surface area contributed by atoms with Gasteiger partial charge in [-0.25, -0.2) is 4.79 Å². The van der Waals surface area contributed by atoms with Crippen molar-refractivity contribution < 1.29 is 24.2 Å². The molecule has 1 rings (SSSR count). The van der Waals surface area contributed by atoms with Crippen LogP contribution in [0.15, 0.2) is 24.3 Å². The van der Waals surface area contributed by atoms with Crippen LogP contribution in [-0.2, 0) is 9.53 Å². The molecule has 0 saturated heterocycles. The van der Waals surface area contributed by atoms with Crippen LogP contribution in [-0.4, -0.2) is 30.3 Å². The third-order valence-electron chi connectivity index (χ3n) is 2.71. The number of carboxylic acid groups (broad SMARTS) is 1. The summed E-state index contributed by atoms with van der Waals surface area (Å²) in [7, 11) is 0. The highest BCUT2D eigenvalue weighted by Gasteiger charge is 2.11. The number of benzene rings is 1. The number of ether oxygens (including phenoxy) is 2. The number of aromatic carboxylic acids is 1. The van der Waals surface area contributed by atoms with Crippen molar-refractivity contribution >= 4 is 11.9 Å². The Labute approximate surface area is 112 Å². The monoisotopic (exact) mass is 266 g/mol. The number of carboxylic acids is 1. The minimum atomic E-state index is -0.978. The first-order chi connectivity index (χ1) is 9.04. The van der Waals surface area contributed by atoms with Gasteiger partial charge in [0.2, 0.25) is 0 Å². The van der Waals surface area contributed by atoms with Crippen molar-refractivity contribution in [3.05, 3.63) is 29.8 Å². The fourth-order valence-electron chi connectivity index (χ4n) is 1.30. The molecular weight excluding hydrogens is 248 g/mol. The first kappa shape index (κ1) is 15.0. The molecule has 19 heavy (non-hydrogen) atoms. The van der Waals surface area contributed by atoms with Gasteiger partial charge in [-0.1, -0.05) is 13.8 Å². The summed E-state index contributed by atoms with van der Waals surface area (Å²) >= 11 is 0. The SMILES string of the molecule is CCC(C)C(=O)OCCOc1ccc(C(=O)O)cc1. The second-order valence-electron chi connectivity index (χ2n) is 4.15. The summed E-state index contributed by atoms with van der Waals surface area (Å²) in [5, 5.41) is 8.73. The lowest BCUT2D eigenvalue weighted by molar-refractivity contribution is -0.148. The molecule has 0 aliphatic rings. The number of hydrogen-bond donors (Lipinski definition) is 1. The van der Waals surface area contributed by atoms with Gasteiger partial charge in [-0.2, -0.15) is 0 Å². The van der Waals surface area contributed by atoms with Gasteiger partial charge in [0.15, 0.2) is 0 Å². The highest BCUT2D eigenvalue weighted by atomic mass is 16.6. The first-order valence-corrected chi connectivity index (χ1v) is 6.17. The molecule has 1 aromatic carbocycles. The first-order valence-electron chi connectivity index (χ1n) is 6.17. The van der Waals surface area contributed by atoms with Gasteiger partial charge < -0.3 is 14.6 Å². The van der Waals surface area contributed by atoms with Gasteiger partial charge in [0.1, 0.15) is 19.0 Å². The van der Waals surface area contributed by atoms with Crippen LogP contribution in [0.4, 0.5) is 0 Å². The van der Waals surface area contributed by atoms with Crippen molar-refractivity contribution in [2.45, 2.75) is 20.3 Å². The number of carbonyl (C=O) groups is 2. The summed E-state index contributed by atoms with van der Waals surface area (Å²) in [5.41, 5.74) is 0.204. The van der Waals surface area contributed by atoms with Crippen molar-refractivity contribution in [2.24, 2.45) is 5.92 Å². The lowest BCUT2D eigenvalue weighted by Gasteiger charge is -2.10. The molecule has 5 nitrogen and oxygen atoms in total. The molecule has 0 fully saturated rings.